The van der Waals surface area contributed by atoms with Gasteiger partial charge in [-0.1, -0.05) is 6.92 Å². The van der Waals surface area contributed by atoms with E-state index in [9.17, 15) is 4.79 Å². The number of benzene rings is 1. The van der Waals surface area contributed by atoms with Gasteiger partial charge in [-0.3, -0.25) is 4.79 Å². The van der Waals surface area contributed by atoms with Crippen molar-refractivity contribution in [3.05, 3.63) is 24.3 Å². The van der Waals surface area contributed by atoms with Gasteiger partial charge in [-0.05, 0) is 42.9 Å². The lowest BCUT2D eigenvalue weighted by atomic mass is 10.2. The van der Waals surface area contributed by atoms with Crippen molar-refractivity contribution in [1.82, 2.24) is 0 Å². The van der Waals surface area contributed by atoms with Gasteiger partial charge in [0.2, 0.25) is 5.91 Å². The number of rotatable bonds is 4. The third-order valence-corrected chi connectivity index (χ3v) is 3.56. The first-order chi connectivity index (χ1) is 7.64. The van der Waals surface area contributed by atoms with E-state index in [1.165, 1.54) is 4.90 Å². The van der Waals surface area contributed by atoms with Crippen LogP contribution in [0.5, 0.6) is 0 Å². The summed E-state index contributed by atoms with van der Waals surface area (Å²) < 4.78 is 0. The molecular weight excluding hydrogens is 220 g/mol. The van der Waals surface area contributed by atoms with Gasteiger partial charge in [-0.15, -0.1) is 11.8 Å². The molecule has 0 aliphatic heterocycles. The Balaban J connectivity index is 1.97. The van der Waals surface area contributed by atoms with Crippen molar-refractivity contribution in [2.75, 3.05) is 11.1 Å². The van der Waals surface area contributed by atoms with Crippen LogP contribution in [0.15, 0.2) is 29.2 Å². The van der Waals surface area contributed by atoms with Crippen molar-refractivity contribution in [3.8, 4) is 0 Å². The third-order valence-electron chi connectivity index (χ3n) is 2.66. The molecule has 1 saturated carbocycles. The Morgan fingerprint density at radius 3 is 2.56 bits per heavy atom. The first kappa shape index (κ1) is 11.5. The highest BCUT2D eigenvalue weighted by molar-refractivity contribution is 7.99. The largest absolute Gasteiger partial charge is 0.324 e. The Labute approximate surface area is 99.8 Å². The summed E-state index contributed by atoms with van der Waals surface area (Å²) in [6, 6.07) is 7.86. The first-order valence-electron chi connectivity index (χ1n) is 5.47. The van der Waals surface area contributed by atoms with Crippen molar-refractivity contribution < 1.29 is 4.79 Å². The standard InChI is InChI=1S/C12H16N2OS/c1-2-16-10-5-3-9(4-6-10)14-11(15)12(13)7-8-12/h3-6H,2,7-8,13H2,1H3,(H,14,15). The molecule has 0 unspecified atom stereocenters. The molecule has 86 valence electrons. The fraction of sp³-hybridized carbons (Fsp3) is 0.417. The molecule has 4 heteroatoms. The monoisotopic (exact) mass is 236 g/mol. The summed E-state index contributed by atoms with van der Waals surface area (Å²) >= 11 is 1.78. The molecule has 0 bridgehead atoms. The van der Waals surface area contributed by atoms with Crippen molar-refractivity contribution in [2.24, 2.45) is 5.73 Å². The minimum Gasteiger partial charge on any atom is -0.324 e. The fourth-order valence-corrected chi connectivity index (χ4v) is 2.08. The van der Waals surface area contributed by atoms with Gasteiger partial charge in [0, 0.05) is 10.6 Å². The Kier molecular flexibility index (Phi) is 3.21. The predicted molar refractivity (Wildman–Crippen MR) is 67.6 cm³/mol. The molecule has 3 nitrogen and oxygen atoms in total. The van der Waals surface area contributed by atoms with Gasteiger partial charge in [0.1, 0.15) is 0 Å². The van der Waals surface area contributed by atoms with E-state index in [-0.39, 0.29) is 5.91 Å². The number of carbonyl (C=O) groups is 1. The summed E-state index contributed by atoms with van der Waals surface area (Å²) in [7, 11) is 0. The average Bonchev–Trinajstić information content (AvgIpc) is 3.01. The van der Waals surface area contributed by atoms with Gasteiger partial charge in [-0.25, -0.2) is 0 Å². The quantitative estimate of drug-likeness (QED) is 0.788. The number of anilines is 1. The van der Waals surface area contributed by atoms with Gasteiger partial charge in [0.05, 0.1) is 5.54 Å². The zero-order valence-electron chi connectivity index (χ0n) is 9.32. The van der Waals surface area contributed by atoms with Gasteiger partial charge in [0.25, 0.3) is 0 Å². The van der Waals surface area contributed by atoms with Crippen LogP contribution in [0.25, 0.3) is 0 Å². The van der Waals surface area contributed by atoms with Crippen molar-refractivity contribution in [2.45, 2.75) is 30.2 Å². The molecular formula is C12H16N2OS. The summed E-state index contributed by atoms with van der Waals surface area (Å²) in [4.78, 5) is 12.9. The topological polar surface area (TPSA) is 55.1 Å². The van der Waals surface area contributed by atoms with Crippen LogP contribution < -0.4 is 11.1 Å². The molecule has 1 amide bonds. The summed E-state index contributed by atoms with van der Waals surface area (Å²) in [6.07, 6.45) is 1.59. The number of thioether (sulfide) groups is 1. The van der Waals surface area contributed by atoms with Crippen molar-refractivity contribution in [1.29, 1.82) is 0 Å². The Morgan fingerprint density at radius 2 is 2.06 bits per heavy atom. The van der Waals surface area contributed by atoms with Crippen LogP contribution in [0.2, 0.25) is 0 Å². The van der Waals surface area contributed by atoms with Crippen LogP contribution >= 0.6 is 11.8 Å². The van der Waals surface area contributed by atoms with E-state index in [0.717, 1.165) is 24.3 Å². The lowest BCUT2D eigenvalue weighted by Crippen LogP contribution is -2.37. The molecule has 0 heterocycles. The first-order valence-corrected chi connectivity index (χ1v) is 6.46. The van der Waals surface area contributed by atoms with Crippen LogP contribution in [0, 0.1) is 0 Å². The van der Waals surface area contributed by atoms with Gasteiger partial charge in [0.15, 0.2) is 0 Å². The molecule has 1 aromatic carbocycles. The zero-order valence-corrected chi connectivity index (χ0v) is 10.1. The van der Waals surface area contributed by atoms with Crippen molar-refractivity contribution in [3.63, 3.8) is 0 Å². The maximum atomic E-state index is 11.7. The highest BCUT2D eigenvalue weighted by Crippen LogP contribution is 2.33. The van der Waals surface area contributed by atoms with E-state index in [2.05, 4.69) is 12.2 Å². The maximum absolute atomic E-state index is 11.7. The van der Waals surface area contributed by atoms with E-state index in [1.54, 1.807) is 11.8 Å². The number of hydrogen-bond acceptors (Lipinski definition) is 3. The molecule has 1 aliphatic rings. The molecule has 0 atom stereocenters. The summed E-state index contributed by atoms with van der Waals surface area (Å²) in [5.41, 5.74) is 6.02. The summed E-state index contributed by atoms with van der Waals surface area (Å²) in [5.74, 6) is 0.987. The Morgan fingerprint density at radius 1 is 1.44 bits per heavy atom. The predicted octanol–water partition coefficient (Wildman–Crippen LogP) is 2.23. The molecule has 1 fully saturated rings. The maximum Gasteiger partial charge on any atom is 0.244 e. The van der Waals surface area contributed by atoms with Crippen LogP contribution in [-0.2, 0) is 4.79 Å². The zero-order chi connectivity index (χ0) is 11.6. The molecule has 1 aromatic rings. The number of nitrogens with two attached hydrogens (primary N) is 1. The molecule has 0 spiro atoms. The molecule has 1 aliphatic carbocycles. The van der Waals surface area contributed by atoms with Crippen molar-refractivity contribution >= 4 is 23.4 Å². The SMILES string of the molecule is CCSc1ccc(NC(=O)C2(N)CC2)cc1. The Bertz CT molecular complexity index is 385. The second kappa shape index (κ2) is 4.47. The highest BCUT2D eigenvalue weighted by Gasteiger charge is 2.45. The fourth-order valence-electron chi connectivity index (χ4n) is 1.42. The summed E-state index contributed by atoms with van der Waals surface area (Å²) in [6.45, 7) is 2.12. The lowest BCUT2D eigenvalue weighted by Gasteiger charge is -2.10. The second-order valence-electron chi connectivity index (χ2n) is 4.07. The van der Waals surface area contributed by atoms with Crippen LogP contribution in [0.3, 0.4) is 0 Å². The van der Waals surface area contributed by atoms with Gasteiger partial charge in [-0.2, -0.15) is 0 Å². The number of carbonyl (C=O) groups excluding carboxylic acids is 1. The normalized spacial score (nSPS) is 16.9. The van der Waals surface area contributed by atoms with Gasteiger partial charge < -0.3 is 11.1 Å². The van der Waals surface area contributed by atoms with Crippen LogP contribution in [0.1, 0.15) is 19.8 Å². The molecule has 16 heavy (non-hydrogen) atoms. The number of nitrogens with one attached hydrogen (secondary N) is 1. The van der Waals surface area contributed by atoms with E-state index in [0.29, 0.717) is 0 Å². The summed E-state index contributed by atoms with van der Waals surface area (Å²) in [5, 5.41) is 2.84. The lowest BCUT2D eigenvalue weighted by molar-refractivity contribution is -0.118. The molecule has 0 saturated heterocycles. The molecule has 0 radical (unpaired) electrons. The number of hydrogen-bond donors (Lipinski definition) is 2. The van der Waals surface area contributed by atoms with Crippen LogP contribution in [-0.4, -0.2) is 17.2 Å². The minimum absolute atomic E-state index is 0.0663. The molecule has 0 aromatic heterocycles. The molecule has 3 N–H and O–H groups in total. The second-order valence-corrected chi connectivity index (χ2v) is 5.41. The van der Waals surface area contributed by atoms with E-state index in [4.69, 9.17) is 5.73 Å². The number of amides is 1. The van der Waals surface area contributed by atoms with Crippen LogP contribution in [0.4, 0.5) is 5.69 Å². The minimum atomic E-state index is -0.600. The van der Waals surface area contributed by atoms with E-state index in [1.807, 2.05) is 24.3 Å². The van der Waals surface area contributed by atoms with Gasteiger partial charge >= 0.3 is 0 Å². The molecule has 2 rings (SSSR count). The Hall–Kier alpha value is -1.00. The average molecular weight is 236 g/mol. The highest BCUT2D eigenvalue weighted by atomic mass is 32.2. The van der Waals surface area contributed by atoms with E-state index < -0.39 is 5.54 Å². The third kappa shape index (κ3) is 2.57. The smallest absolute Gasteiger partial charge is 0.244 e. The van der Waals surface area contributed by atoms with E-state index >= 15 is 0 Å².